The van der Waals surface area contributed by atoms with Gasteiger partial charge < -0.3 is 15.5 Å². The number of amides is 1. The fourth-order valence-electron chi connectivity index (χ4n) is 1.64. The van der Waals surface area contributed by atoms with Gasteiger partial charge in [0.2, 0.25) is 5.91 Å². The number of carbonyl (C=O) groups excluding carboxylic acids is 1. The monoisotopic (exact) mass is 283 g/mol. The van der Waals surface area contributed by atoms with Gasteiger partial charge >= 0.3 is 5.97 Å². The normalized spacial score (nSPS) is 10.5. The highest BCUT2D eigenvalue weighted by Gasteiger charge is 2.02. The quantitative estimate of drug-likeness (QED) is 0.753. The number of phenols is 1. The molecule has 5 nitrogen and oxygen atoms in total. The van der Waals surface area contributed by atoms with Crippen LogP contribution >= 0.6 is 0 Å². The molecule has 0 heterocycles. The molecule has 0 atom stereocenters. The van der Waals surface area contributed by atoms with E-state index in [0.717, 1.165) is 5.56 Å². The van der Waals surface area contributed by atoms with Gasteiger partial charge in [-0.15, -0.1) is 0 Å². The molecule has 106 valence electrons. The molecule has 0 saturated carbocycles. The van der Waals surface area contributed by atoms with E-state index in [1.807, 2.05) is 0 Å². The van der Waals surface area contributed by atoms with Crippen LogP contribution in [0, 0.1) is 0 Å². The number of aromatic hydroxyl groups is 1. The Morgan fingerprint density at radius 3 is 2.14 bits per heavy atom. The maximum Gasteiger partial charge on any atom is 0.335 e. The van der Waals surface area contributed by atoms with Crippen molar-refractivity contribution in [3.8, 4) is 5.75 Å². The van der Waals surface area contributed by atoms with Gasteiger partial charge in [0.15, 0.2) is 0 Å². The SMILES string of the molecule is O=C(C=Cc1ccc(O)cc1)Nc1ccc(C(=O)O)cc1. The van der Waals surface area contributed by atoms with Crippen LogP contribution in [0.3, 0.4) is 0 Å². The van der Waals surface area contributed by atoms with Crippen LogP contribution in [0.1, 0.15) is 15.9 Å². The zero-order valence-corrected chi connectivity index (χ0v) is 11.0. The number of rotatable bonds is 4. The van der Waals surface area contributed by atoms with E-state index in [0.29, 0.717) is 5.69 Å². The van der Waals surface area contributed by atoms with Gasteiger partial charge in [0.1, 0.15) is 5.75 Å². The first-order chi connectivity index (χ1) is 10.0. The maximum absolute atomic E-state index is 11.7. The average molecular weight is 283 g/mol. The zero-order valence-electron chi connectivity index (χ0n) is 11.0. The van der Waals surface area contributed by atoms with Crippen LogP contribution in [-0.2, 0) is 4.79 Å². The first-order valence-corrected chi connectivity index (χ1v) is 6.16. The van der Waals surface area contributed by atoms with Crippen LogP contribution in [0.25, 0.3) is 6.08 Å². The Morgan fingerprint density at radius 2 is 1.57 bits per heavy atom. The summed E-state index contributed by atoms with van der Waals surface area (Å²) in [7, 11) is 0. The van der Waals surface area contributed by atoms with E-state index in [9.17, 15) is 9.59 Å². The summed E-state index contributed by atoms with van der Waals surface area (Å²) in [5.41, 5.74) is 1.46. The van der Waals surface area contributed by atoms with Gasteiger partial charge in [0.25, 0.3) is 0 Å². The van der Waals surface area contributed by atoms with E-state index in [2.05, 4.69) is 5.32 Å². The van der Waals surface area contributed by atoms with Crippen molar-refractivity contribution in [1.82, 2.24) is 0 Å². The molecule has 1 amide bonds. The minimum Gasteiger partial charge on any atom is -0.508 e. The van der Waals surface area contributed by atoms with Crippen LogP contribution in [-0.4, -0.2) is 22.1 Å². The molecule has 0 bridgehead atoms. The number of anilines is 1. The van der Waals surface area contributed by atoms with Gasteiger partial charge in [-0.25, -0.2) is 4.79 Å². The molecule has 5 heteroatoms. The van der Waals surface area contributed by atoms with E-state index < -0.39 is 5.97 Å². The lowest BCUT2D eigenvalue weighted by molar-refractivity contribution is -0.111. The standard InChI is InChI=1S/C16H13NO4/c18-14-8-1-11(2-9-14)3-10-15(19)17-13-6-4-12(5-7-13)16(20)21/h1-10,18H,(H,17,19)(H,20,21). The fraction of sp³-hybridized carbons (Fsp3) is 0. The molecular formula is C16H13NO4. The number of carboxylic acids is 1. The molecule has 0 aromatic heterocycles. The van der Waals surface area contributed by atoms with Gasteiger partial charge in [0.05, 0.1) is 5.56 Å². The van der Waals surface area contributed by atoms with E-state index in [1.54, 1.807) is 18.2 Å². The minimum atomic E-state index is -1.01. The summed E-state index contributed by atoms with van der Waals surface area (Å²) in [5, 5.41) is 20.5. The first kappa shape index (κ1) is 14.3. The number of benzene rings is 2. The van der Waals surface area contributed by atoms with E-state index in [-0.39, 0.29) is 17.2 Å². The highest BCUT2D eigenvalue weighted by molar-refractivity contribution is 6.02. The third-order valence-corrected chi connectivity index (χ3v) is 2.72. The largest absolute Gasteiger partial charge is 0.508 e. The van der Waals surface area contributed by atoms with Crippen molar-refractivity contribution in [2.24, 2.45) is 0 Å². The maximum atomic E-state index is 11.7. The lowest BCUT2D eigenvalue weighted by Crippen LogP contribution is -2.08. The van der Waals surface area contributed by atoms with Crippen LogP contribution in [0.4, 0.5) is 5.69 Å². The number of hydrogen-bond donors (Lipinski definition) is 3. The third kappa shape index (κ3) is 4.21. The summed E-state index contributed by atoms with van der Waals surface area (Å²) in [6.45, 7) is 0. The molecule has 0 fully saturated rings. The van der Waals surface area contributed by atoms with E-state index >= 15 is 0 Å². The fourth-order valence-corrected chi connectivity index (χ4v) is 1.64. The molecule has 2 rings (SSSR count). The number of nitrogens with one attached hydrogen (secondary N) is 1. The Morgan fingerprint density at radius 1 is 0.952 bits per heavy atom. The second kappa shape index (κ2) is 6.38. The average Bonchev–Trinajstić information content (AvgIpc) is 2.47. The summed E-state index contributed by atoms with van der Waals surface area (Å²) in [6.07, 6.45) is 2.97. The molecule has 0 aliphatic rings. The van der Waals surface area contributed by atoms with Crippen molar-refractivity contribution < 1.29 is 19.8 Å². The number of phenolic OH excluding ortho intramolecular Hbond substituents is 1. The van der Waals surface area contributed by atoms with Gasteiger partial charge in [-0.05, 0) is 48.0 Å². The molecule has 0 aliphatic heterocycles. The summed E-state index contributed by atoms with van der Waals surface area (Å²) < 4.78 is 0. The summed E-state index contributed by atoms with van der Waals surface area (Å²) >= 11 is 0. The Bertz CT molecular complexity index is 672. The first-order valence-electron chi connectivity index (χ1n) is 6.16. The predicted molar refractivity (Wildman–Crippen MR) is 79.2 cm³/mol. The Balaban J connectivity index is 1.98. The highest BCUT2D eigenvalue weighted by Crippen LogP contribution is 2.12. The van der Waals surface area contributed by atoms with E-state index in [1.165, 1.54) is 42.5 Å². The van der Waals surface area contributed by atoms with Crippen molar-refractivity contribution in [1.29, 1.82) is 0 Å². The van der Waals surface area contributed by atoms with Crippen LogP contribution in [0.2, 0.25) is 0 Å². The topological polar surface area (TPSA) is 86.6 Å². The molecule has 2 aromatic carbocycles. The molecule has 0 saturated heterocycles. The number of carbonyl (C=O) groups is 2. The lowest BCUT2D eigenvalue weighted by Gasteiger charge is -2.02. The van der Waals surface area contributed by atoms with E-state index in [4.69, 9.17) is 10.2 Å². The summed E-state index contributed by atoms with van der Waals surface area (Å²) in [6, 6.07) is 12.3. The summed E-state index contributed by atoms with van der Waals surface area (Å²) in [4.78, 5) is 22.4. The molecule has 2 aromatic rings. The highest BCUT2D eigenvalue weighted by atomic mass is 16.4. The Labute approximate surface area is 121 Å². The number of aromatic carboxylic acids is 1. The van der Waals surface area contributed by atoms with Crippen molar-refractivity contribution in [3.63, 3.8) is 0 Å². The van der Waals surface area contributed by atoms with Gasteiger partial charge in [-0.1, -0.05) is 12.1 Å². The molecule has 0 aliphatic carbocycles. The van der Waals surface area contributed by atoms with Crippen molar-refractivity contribution >= 4 is 23.6 Å². The minimum absolute atomic E-state index is 0.160. The molecule has 0 radical (unpaired) electrons. The third-order valence-electron chi connectivity index (χ3n) is 2.72. The molecule has 21 heavy (non-hydrogen) atoms. The smallest absolute Gasteiger partial charge is 0.335 e. The van der Waals surface area contributed by atoms with Crippen molar-refractivity contribution in [3.05, 3.63) is 65.7 Å². The molecule has 0 unspecified atom stereocenters. The van der Waals surface area contributed by atoms with Gasteiger partial charge in [-0.2, -0.15) is 0 Å². The molecular weight excluding hydrogens is 270 g/mol. The summed E-state index contributed by atoms with van der Waals surface area (Å²) in [5.74, 6) is -1.18. The predicted octanol–water partition coefficient (Wildman–Crippen LogP) is 2.74. The Hall–Kier alpha value is -3.08. The van der Waals surface area contributed by atoms with Gasteiger partial charge in [0, 0.05) is 11.8 Å². The van der Waals surface area contributed by atoms with Crippen LogP contribution in [0.15, 0.2) is 54.6 Å². The zero-order chi connectivity index (χ0) is 15.2. The van der Waals surface area contributed by atoms with Crippen LogP contribution in [0.5, 0.6) is 5.75 Å². The van der Waals surface area contributed by atoms with Crippen LogP contribution < -0.4 is 5.32 Å². The second-order valence-corrected chi connectivity index (χ2v) is 4.30. The number of hydrogen-bond acceptors (Lipinski definition) is 3. The number of carboxylic acid groups (broad SMARTS) is 1. The second-order valence-electron chi connectivity index (χ2n) is 4.30. The molecule has 3 N–H and O–H groups in total. The Kier molecular flexibility index (Phi) is 4.36. The van der Waals surface area contributed by atoms with Crippen molar-refractivity contribution in [2.45, 2.75) is 0 Å². The van der Waals surface area contributed by atoms with Crippen molar-refractivity contribution in [2.75, 3.05) is 5.32 Å². The van der Waals surface area contributed by atoms with Gasteiger partial charge in [-0.3, -0.25) is 4.79 Å². The molecule has 0 spiro atoms. The lowest BCUT2D eigenvalue weighted by atomic mass is 10.2.